The second kappa shape index (κ2) is 9.06. The van der Waals surface area contributed by atoms with E-state index in [9.17, 15) is 4.79 Å². The predicted molar refractivity (Wildman–Crippen MR) is 108 cm³/mol. The Bertz CT molecular complexity index is 748. The van der Waals surface area contributed by atoms with Gasteiger partial charge in [0.25, 0.3) is 0 Å². The van der Waals surface area contributed by atoms with Crippen LogP contribution in [-0.4, -0.2) is 59.1 Å². The second-order valence-corrected chi connectivity index (χ2v) is 7.65. The van der Waals surface area contributed by atoms with Crippen LogP contribution in [-0.2, 0) is 6.54 Å². The Balaban J connectivity index is 1.19. The van der Waals surface area contributed by atoms with Crippen LogP contribution in [0.4, 0.5) is 4.79 Å². The zero-order valence-corrected chi connectivity index (χ0v) is 16.2. The van der Waals surface area contributed by atoms with Gasteiger partial charge in [-0.3, -0.25) is 9.88 Å². The molecule has 0 saturated carbocycles. The number of hydrogen-bond acceptors (Lipinski definition) is 4. The van der Waals surface area contributed by atoms with E-state index in [0.717, 1.165) is 51.2 Å². The summed E-state index contributed by atoms with van der Waals surface area (Å²) >= 11 is 0. The van der Waals surface area contributed by atoms with Crippen LogP contribution >= 0.6 is 0 Å². The monoisotopic (exact) mass is 380 g/mol. The van der Waals surface area contributed by atoms with E-state index in [2.05, 4.69) is 21.3 Å². The summed E-state index contributed by atoms with van der Waals surface area (Å²) in [5, 5.41) is 3.22. The van der Waals surface area contributed by atoms with E-state index in [-0.39, 0.29) is 18.2 Å². The van der Waals surface area contributed by atoms with Crippen molar-refractivity contribution in [3.05, 3.63) is 60.4 Å². The Morgan fingerprint density at radius 3 is 2.64 bits per heavy atom. The topological polar surface area (TPSA) is 57.7 Å². The number of carbonyl (C=O) groups is 1. The van der Waals surface area contributed by atoms with Gasteiger partial charge in [0.05, 0.1) is 6.54 Å². The molecule has 2 aliphatic heterocycles. The number of nitrogens with zero attached hydrogens (tertiary/aromatic N) is 3. The van der Waals surface area contributed by atoms with Crippen molar-refractivity contribution in [3.63, 3.8) is 0 Å². The van der Waals surface area contributed by atoms with E-state index in [4.69, 9.17) is 4.74 Å². The molecule has 1 N–H and O–H groups in total. The summed E-state index contributed by atoms with van der Waals surface area (Å²) in [6, 6.07) is 14.2. The smallest absolute Gasteiger partial charge is 0.317 e. The van der Waals surface area contributed by atoms with E-state index in [0.29, 0.717) is 6.54 Å². The Hall–Kier alpha value is -2.60. The van der Waals surface area contributed by atoms with Crippen molar-refractivity contribution in [2.75, 3.05) is 26.2 Å². The molecule has 2 fully saturated rings. The van der Waals surface area contributed by atoms with E-state index < -0.39 is 0 Å². The molecular weight excluding hydrogens is 352 g/mol. The number of nitrogens with one attached hydrogen (secondary N) is 1. The van der Waals surface area contributed by atoms with Crippen LogP contribution in [0.2, 0.25) is 0 Å². The molecule has 2 aliphatic rings. The van der Waals surface area contributed by atoms with Crippen molar-refractivity contribution >= 4 is 6.03 Å². The summed E-state index contributed by atoms with van der Waals surface area (Å²) in [6.45, 7) is 4.34. The quantitative estimate of drug-likeness (QED) is 0.867. The number of aromatic nitrogens is 1. The zero-order chi connectivity index (χ0) is 19.2. The van der Waals surface area contributed by atoms with Crippen molar-refractivity contribution in [3.8, 4) is 5.75 Å². The Morgan fingerprint density at radius 1 is 1.07 bits per heavy atom. The third-order valence-electron chi connectivity index (χ3n) is 5.52. The molecule has 28 heavy (non-hydrogen) atoms. The molecule has 2 aromatic rings. The molecule has 3 heterocycles. The van der Waals surface area contributed by atoms with Crippen LogP contribution in [0.25, 0.3) is 0 Å². The average Bonchev–Trinajstić information content (AvgIpc) is 3.20. The second-order valence-electron chi connectivity index (χ2n) is 7.65. The maximum Gasteiger partial charge on any atom is 0.317 e. The van der Waals surface area contributed by atoms with Gasteiger partial charge >= 0.3 is 6.03 Å². The average molecular weight is 380 g/mol. The number of ether oxygens (including phenoxy) is 1. The predicted octanol–water partition coefficient (Wildman–Crippen LogP) is 2.91. The van der Waals surface area contributed by atoms with Crippen molar-refractivity contribution in [1.29, 1.82) is 0 Å². The first kappa shape index (κ1) is 18.7. The van der Waals surface area contributed by atoms with Crippen LogP contribution < -0.4 is 10.1 Å². The molecule has 1 aromatic carbocycles. The molecule has 6 nitrogen and oxygen atoms in total. The summed E-state index contributed by atoms with van der Waals surface area (Å²) in [6.07, 6.45) is 6.67. The van der Waals surface area contributed by atoms with Gasteiger partial charge in [-0.2, -0.15) is 0 Å². The third-order valence-corrected chi connectivity index (χ3v) is 5.52. The lowest BCUT2D eigenvalue weighted by atomic mass is 10.0. The van der Waals surface area contributed by atoms with Gasteiger partial charge in [0, 0.05) is 51.0 Å². The highest BCUT2D eigenvalue weighted by atomic mass is 16.5. The van der Waals surface area contributed by atoms with E-state index in [1.807, 2.05) is 47.5 Å². The number of benzene rings is 1. The summed E-state index contributed by atoms with van der Waals surface area (Å²) in [5.41, 5.74) is 1.24. The lowest BCUT2D eigenvalue weighted by molar-refractivity contribution is 0.167. The maximum absolute atomic E-state index is 12.6. The lowest BCUT2D eigenvalue weighted by Crippen LogP contribution is -2.48. The number of piperidine rings is 1. The lowest BCUT2D eigenvalue weighted by Gasteiger charge is -2.33. The fourth-order valence-electron chi connectivity index (χ4n) is 3.95. The van der Waals surface area contributed by atoms with Crippen LogP contribution in [0, 0.1) is 0 Å². The molecule has 0 aliphatic carbocycles. The highest BCUT2D eigenvalue weighted by Gasteiger charge is 2.29. The number of pyridine rings is 1. The van der Waals surface area contributed by atoms with Crippen LogP contribution in [0.5, 0.6) is 5.75 Å². The molecule has 2 saturated heterocycles. The molecule has 1 atom stereocenters. The highest BCUT2D eigenvalue weighted by Crippen LogP contribution is 2.19. The van der Waals surface area contributed by atoms with Gasteiger partial charge < -0.3 is 15.0 Å². The van der Waals surface area contributed by atoms with Crippen LogP contribution in [0.3, 0.4) is 0 Å². The van der Waals surface area contributed by atoms with Crippen LogP contribution in [0.15, 0.2) is 54.9 Å². The fourth-order valence-corrected chi connectivity index (χ4v) is 3.95. The van der Waals surface area contributed by atoms with Gasteiger partial charge in [-0.1, -0.05) is 24.3 Å². The number of para-hydroxylation sites is 1. The van der Waals surface area contributed by atoms with Gasteiger partial charge in [-0.05, 0) is 36.6 Å². The third kappa shape index (κ3) is 5.01. The molecular formula is C22H28N4O2. The largest absolute Gasteiger partial charge is 0.489 e. The van der Waals surface area contributed by atoms with E-state index in [1.165, 1.54) is 5.56 Å². The van der Waals surface area contributed by atoms with E-state index >= 15 is 0 Å². The number of hydrogen-bond donors (Lipinski definition) is 1. The SMILES string of the molecule is O=C(NC1CCN(Cc2cccnc2)CC1)N1CC[C@@H](Oc2ccccc2)C1. The maximum atomic E-state index is 12.6. The zero-order valence-electron chi connectivity index (χ0n) is 16.2. The molecule has 0 unspecified atom stereocenters. The number of amides is 2. The van der Waals surface area contributed by atoms with E-state index in [1.54, 1.807) is 6.20 Å². The summed E-state index contributed by atoms with van der Waals surface area (Å²) in [4.78, 5) is 21.1. The number of carbonyl (C=O) groups excluding carboxylic acids is 1. The normalized spacial score (nSPS) is 20.9. The van der Waals surface area contributed by atoms with Crippen molar-refractivity contribution in [2.24, 2.45) is 0 Å². The highest BCUT2D eigenvalue weighted by molar-refractivity contribution is 5.74. The minimum absolute atomic E-state index is 0.0462. The van der Waals surface area contributed by atoms with Gasteiger partial charge in [0.15, 0.2) is 0 Å². The Morgan fingerprint density at radius 2 is 1.89 bits per heavy atom. The van der Waals surface area contributed by atoms with Gasteiger partial charge in [0.1, 0.15) is 11.9 Å². The molecule has 1 aromatic heterocycles. The molecule has 148 valence electrons. The molecule has 0 spiro atoms. The van der Waals surface area contributed by atoms with Gasteiger partial charge in [-0.15, -0.1) is 0 Å². The molecule has 2 amide bonds. The minimum atomic E-state index is 0.0462. The van der Waals surface area contributed by atoms with Crippen molar-refractivity contribution < 1.29 is 9.53 Å². The van der Waals surface area contributed by atoms with Crippen molar-refractivity contribution in [1.82, 2.24) is 20.1 Å². The van der Waals surface area contributed by atoms with Gasteiger partial charge in [0.2, 0.25) is 0 Å². The standard InChI is InChI=1S/C22H28N4O2/c27-22(26-14-10-21(17-26)28-20-6-2-1-3-7-20)24-19-8-12-25(13-9-19)16-18-5-4-11-23-15-18/h1-7,11,15,19,21H,8-10,12-14,16-17H2,(H,24,27)/t21-/m1/s1. The first-order valence-electron chi connectivity index (χ1n) is 10.1. The molecule has 0 bridgehead atoms. The summed E-state index contributed by atoms with van der Waals surface area (Å²) in [5.74, 6) is 0.871. The Kier molecular flexibility index (Phi) is 6.07. The number of rotatable bonds is 5. The molecule has 6 heteroatoms. The molecule has 0 radical (unpaired) electrons. The fraction of sp³-hybridized carbons (Fsp3) is 0.455. The Labute approximate surface area is 166 Å². The van der Waals surface area contributed by atoms with Crippen molar-refractivity contribution in [2.45, 2.75) is 38.0 Å². The number of likely N-dealkylation sites (tertiary alicyclic amines) is 2. The summed E-state index contributed by atoms with van der Waals surface area (Å²) in [7, 11) is 0. The summed E-state index contributed by atoms with van der Waals surface area (Å²) < 4.78 is 5.98. The molecule has 4 rings (SSSR count). The number of urea groups is 1. The van der Waals surface area contributed by atoms with Crippen LogP contribution in [0.1, 0.15) is 24.8 Å². The van der Waals surface area contributed by atoms with Gasteiger partial charge in [-0.25, -0.2) is 4.79 Å². The first-order valence-corrected chi connectivity index (χ1v) is 10.1. The minimum Gasteiger partial charge on any atom is -0.489 e. The first-order chi connectivity index (χ1) is 13.8.